The van der Waals surface area contributed by atoms with E-state index in [1.807, 2.05) is 14.1 Å². The van der Waals surface area contributed by atoms with Gasteiger partial charge in [-0.05, 0) is 0 Å². The molecule has 0 radical (unpaired) electrons. The normalized spacial score (nSPS) is 13.1. The van der Waals surface area contributed by atoms with Crippen LogP contribution in [-0.2, 0) is 14.1 Å². The van der Waals surface area contributed by atoms with Gasteiger partial charge in [0.05, 0.1) is 12.0 Å². The van der Waals surface area contributed by atoms with Gasteiger partial charge < -0.3 is 14.2 Å². The number of hydrogen-bond donors (Lipinski definition) is 1. The number of aryl methyl sites for hydroxylation is 2. The van der Waals surface area contributed by atoms with E-state index in [1.54, 1.807) is 34.1 Å². The average Bonchev–Trinajstić information content (AvgIpc) is 2.73. The Kier molecular flexibility index (Phi) is 2.09. The topological polar surface area (TPSA) is 55.9 Å². The maximum Gasteiger partial charge on any atom is 0.155 e. The molecular weight excluding hydrogens is 180 g/mol. The van der Waals surface area contributed by atoms with Crippen molar-refractivity contribution >= 4 is 0 Å². The Labute approximate surface area is 81.7 Å². The molecule has 5 nitrogen and oxygen atoms in total. The molecule has 0 amide bonds. The second-order valence-corrected chi connectivity index (χ2v) is 3.26. The van der Waals surface area contributed by atoms with Gasteiger partial charge in [0.15, 0.2) is 6.10 Å². The van der Waals surface area contributed by atoms with E-state index in [4.69, 9.17) is 0 Å². The summed E-state index contributed by atoms with van der Waals surface area (Å²) in [4.78, 5) is 8.14. The van der Waals surface area contributed by atoms with Crippen molar-refractivity contribution in [2.24, 2.45) is 14.1 Å². The van der Waals surface area contributed by atoms with Gasteiger partial charge >= 0.3 is 0 Å². The fourth-order valence-electron chi connectivity index (χ4n) is 1.35. The van der Waals surface area contributed by atoms with Crippen LogP contribution in [0, 0.1) is 0 Å². The fraction of sp³-hybridized carbons (Fsp3) is 0.333. The van der Waals surface area contributed by atoms with Crippen LogP contribution in [0.3, 0.4) is 0 Å². The molecule has 1 N–H and O–H groups in total. The highest BCUT2D eigenvalue weighted by atomic mass is 16.3. The van der Waals surface area contributed by atoms with Crippen molar-refractivity contribution in [2.45, 2.75) is 6.10 Å². The van der Waals surface area contributed by atoms with E-state index in [0.717, 1.165) is 0 Å². The minimum Gasteiger partial charge on any atom is -0.379 e. The van der Waals surface area contributed by atoms with Crippen molar-refractivity contribution in [1.82, 2.24) is 19.1 Å². The van der Waals surface area contributed by atoms with E-state index in [0.29, 0.717) is 11.5 Å². The minimum absolute atomic E-state index is 0.601. The van der Waals surface area contributed by atoms with E-state index in [9.17, 15) is 5.11 Å². The highest BCUT2D eigenvalue weighted by molar-refractivity contribution is 5.12. The molecule has 0 aliphatic carbocycles. The predicted octanol–water partition coefficient (Wildman–Crippen LogP) is 0.235. The zero-order valence-electron chi connectivity index (χ0n) is 8.12. The van der Waals surface area contributed by atoms with Crippen LogP contribution in [0.5, 0.6) is 0 Å². The van der Waals surface area contributed by atoms with Crippen molar-refractivity contribution in [3.05, 3.63) is 36.4 Å². The standard InChI is InChI=1S/C9H12N4O/c1-12-5-7(11-6-12)8(14)9-10-3-4-13(9)2/h3-6,8,14H,1-2H3. The summed E-state index contributed by atoms with van der Waals surface area (Å²) in [5.74, 6) is 0.601. The summed E-state index contributed by atoms with van der Waals surface area (Å²) in [6.45, 7) is 0. The predicted molar refractivity (Wildman–Crippen MR) is 50.5 cm³/mol. The van der Waals surface area contributed by atoms with Crippen molar-refractivity contribution in [1.29, 1.82) is 0 Å². The van der Waals surface area contributed by atoms with Crippen LogP contribution in [0.15, 0.2) is 24.9 Å². The van der Waals surface area contributed by atoms with Crippen LogP contribution in [0.2, 0.25) is 0 Å². The SMILES string of the molecule is Cn1cnc(C(O)c2nccn2C)c1. The smallest absolute Gasteiger partial charge is 0.155 e. The van der Waals surface area contributed by atoms with Crippen LogP contribution in [0.1, 0.15) is 17.6 Å². The molecule has 0 saturated heterocycles. The molecule has 2 aromatic heterocycles. The fourth-order valence-corrected chi connectivity index (χ4v) is 1.35. The first-order valence-electron chi connectivity index (χ1n) is 4.31. The summed E-state index contributed by atoms with van der Waals surface area (Å²) in [6.07, 6.45) is 6.13. The Hall–Kier alpha value is -1.62. The van der Waals surface area contributed by atoms with E-state index in [-0.39, 0.29) is 0 Å². The lowest BCUT2D eigenvalue weighted by Crippen LogP contribution is -2.07. The molecule has 1 unspecified atom stereocenters. The zero-order valence-corrected chi connectivity index (χ0v) is 8.12. The molecule has 0 spiro atoms. The van der Waals surface area contributed by atoms with Crippen LogP contribution in [0.25, 0.3) is 0 Å². The third-order valence-electron chi connectivity index (χ3n) is 2.11. The Morgan fingerprint density at radius 3 is 2.64 bits per heavy atom. The Bertz CT molecular complexity index is 431. The van der Waals surface area contributed by atoms with Gasteiger partial charge in [0.25, 0.3) is 0 Å². The van der Waals surface area contributed by atoms with Gasteiger partial charge in [0.2, 0.25) is 0 Å². The Morgan fingerprint density at radius 1 is 1.36 bits per heavy atom. The van der Waals surface area contributed by atoms with Gasteiger partial charge in [0.1, 0.15) is 5.82 Å². The first kappa shape index (κ1) is 8.96. The number of imidazole rings is 2. The Morgan fingerprint density at radius 2 is 2.14 bits per heavy atom. The summed E-state index contributed by atoms with van der Waals surface area (Å²) < 4.78 is 3.57. The maximum atomic E-state index is 9.92. The molecule has 0 saturated carbocycles. The summed E-state index contributed by atoms with van der Waals surface area (Å²) in [6, 6.07) is 0. The van der Waals surface area contributed by atoms with Gasteiger partial charge in [-0.3, -0.25) is 0 Å². The van der Waals surface area contributed by atoms with Crippen LogP contribution >= 0.6 is 0 Å². The first-order chi connectivity index (χ1) is 6.68. The summed E-state index contributed by atoms with van der Waals surface area (Å²) in [7, 11) is 3.70. The van der Waals surface area contributed by atoms with E-state index in [2.05, 4.69) is 9.97 Å². The number of aliphatic hydroxyl groups is 1. The highest BCUT2D eigenvalue weighted by Gasteiger charge is 2.16. The Balaban J connectivity index is 2.33. The van der Waals surface area contributed by atoms with Crippen LogP contribution < -0.4 is 0 Å². The lowest BCUT2D eigenvalue weighted by Gasteiger charge is -2.06. The van der Waals surface area contributed by atoms with E-state index < -0.39 is 6.10 Å². The summed E-state index contributed by atoms with van der Waals surface area (Å²) in [5, 5.41) is 9.92. The number of aromatic nitrogens is 4. The van der Waals surface area contributed by atoms with Crippen LogP contribution in [-0.4, -0.2) is 24.2 Å². The van der Waals surface area contributed by atoms with Crippen molar-refractivity contribution in [2.75, 3.05) is 0 Å². The lowest BCUT2D eigenvalue weighted by atomic mass is 10.2. The molecule has 0 aliphatic rings. The van der Waals surface area contributed by atoms with E-state index >= 15 is 0 Å². The molecular formula is C9H12N4O. The second kappa shape index (κ2) is 3.26. The van der Waals surface area contributed by atoms with Gasteiger partial charge in [-0.2, -0.15) is 0 Å². The maximum absolute atomic E-state index is 9.92. The molecule has 2 aromatic rings. The highest BCUT2D eigenvalue weighted by Crippen LogP contribution is 2.17. The molecule has 2 heterocycles. The third kappa shape index (κ3) is 1.42. The molecule has 0 aromatic carbocycles. The monoisotopic (exact) mass is 192 g/mol. The van der Waals surface area contributed by atoms with Crippen molar-refractivity contribution in [3.63, 3.8) is 0 Å². The van der Waals surface area contributed by atoms with Gasteiger partial charge in [-0.1, -0.05) is 0 Å². The molecule has 14 heavy (non-hydrogen) atoms. The quantitative estimate of drug-likeness (QED) is 0.741. The number of aliphatic hydroxyl groups excluding tert-OH is 1. The van der Waals surface area contributed by atoms with Gasteiger partial charge in [-0.15, -0.1) is 0 Å². The molecule has 74 valence electrons. The molecule has 0 aliphatic heterocycles. The van der Waals surface area contributed by atoms with Gasteiger partial charge in [-0.25, -0.2) is 9.97 Å². The number of nitrogens with zero attached hydrogens (tertiary/aromatic N) is 4. The summed E-state index contributed by atoms with van der Waals surface area (Å²) >= 11 is 0. The zero-order chi connectivity index (χ0) is 10.1. The van der Waals surface area contributed by atoms with E-state index in [1.165, 1.54) is 0 Å². The van der Waals surface area contributed by atoms with Gasteiger partial charge in [0, 0.05) is 32.7 Å². The molecule has 1 atom stereocenters. The van der Waals surface area contributed by atoms with Crippen molar-refractivity contribution < 1.29 is 5.11 Å². The second-order valence-electron chi connectivity index (χ2n) is 3.26. The van der Waals surface area contributed by atoms with Crippen LogP contribution in [0.4, 0.5) is 0 Å². The molecule has 5 heteroatoms. The number of rotatable bonds is 2. The third-order valence-corrected chi connectivity index (χ3v) is 2.11. The first-order valence-corrected chi connectivity index (χ1v) is 4.31. The molecule has 0 bridgehead atoms. The van der Waals surface area contributed by atoms with Crippen molar-refractivity contribution in [3.8, 4) is 0 Å². The average molecular weight is 192 g/mol. The molecule has 2 rings (SSSR count). The molecule has 0 fully saturated rings. The lowest BCUT2D eigenvalue weighted by molar-refractivity contribution is 0.202. The summed E-state index contributed by atoms with van der Waals surface area (Å²) in [5.41, 5.74) is 0.613. The largest absolute Gasteiger partial charge is 0.379 e. The number of hydrogen-bond acceptors (Lipinski definition) is 3. The minimum atomic E-state index is -0.754.